The van der Waals surface area contributed by atoms with Gasteiger partial charge in [-0.05, 0) is 37.1 Å². The van der Waals surface area contributed by atoms with Crippen LogP contribution in [-0.2, 0) is 9.59 Å². The van der Waals surface area contributed by atoms with Crippen molar-refractivity contribution < 1.29 is 19.4 Å². The minimum Gasteiger partial charge on any atom is -0.494 e. The van der Waals surface area contributed by atoms with Gasteiger partial charge in [0.1, 0.15) is 11.7 Å². The Morgan fingerprint density at radius 2 is 2.10 bits per heavy atom. The Morgan fingerprint density at radius 3 is 2.65 bits per heavy atom. The van der Waals surface area contributed by atoms with Crippen LogP contribution in [0.1, 0.15) is 26.2 Å². The molecule has 20 heavy (non-hydrogen) atoms. The molecule has 1 aliphatic heterocycles. The lowest BCUT2D eigenvalue weighted by Gasteiger charge is -2.16. The smallest absolute Gasteiger partial charge is 0.316 e. The summed E-state index contributed by atoms with van der Waals surface area (Å²) in [5.74, 6) is -1.52. The van der Waals surface area contributed by atoms with Gasteiger partial charge in [-0.2, -0.15) is 0 Å². The summed E-state index contributed by atoms with van der Waals surface area (Å²) in [5, 5.41) is 8.95. The van der Waals surface area contributed by atoms with Gasteiger partial charge < -0.3 is 14.7 Å². The summed E-state index contributed by atoms with van der Waals surface area (Å²) in [6.07, 6.45) is 2.45. The molecule has 1 aromatic rings. The number of benzene rings is 1. The Kier molecular flexibility index (Phi) is 4.61. The molecule has 0 aliphatic carbocycles. The van der Waals surface area contributed by atoms with Crippen molar-refractivity contribution in [3.8, 4) is 5.75 Å². The van der Waals surface area contributed by atoms with Gasteiger partial charge in [-0.15, -0.1) is 0 Å². The summed E-state index contributed by atoms with van der Waals surface area (Å²) in [7, 11) is 0. The van der Waals surface area contributed by atoms with Gasteiger partial charge in [-0.1, -0.05) is 13.3 Å². The fourth-order valence-electron chi connectivity index (χ4n) is 2.22. The average molecular weight is 277 g/mol. The van der Waals surface area contributed by atoms with Crippen molar-refractivity contribution in [3.63, 3.8) is 0 Å². The van der Waals surface area contributed by atoms with Gasteiger partial charge in [0.25, 0.3) is 0 Å². The van der Waals surface area contributed by atoms with E-state index in [0.29, 0.717) is 19.6 Å². The lowest BCUT2D eigenvalue weighted by Crippen LogP contribution is -2.29. The van der Waals surface area contributed by atoms with Crippen molar-refractivity contribution in [2.24, 2.45) is 5.92 Å². The standard InChI is InChI=1S/C15H19NO4/c1-2-3-10-20-12-6-4-11(5-7-12)16-9-8-13(14(16)17)15(18)19/h4-7,13H,2-3,8-10H2,1H3,(H,18,19). The van der Waals surface area contributed by atoms with Gasteiger partial charge in [0.15, 0.2) is 0 Å². The number of ether oxygens (including phenoxy) is 1. The summed E-state index contributed by atoms with van der Waals surface area (Å²) >= 11 is 0. The first-order chi connectivity index (χ1) is 9.63. The fourth-order valence-corrected chi connectivity index (χ4v) is 2.22. The highest BCUT2D eigenvalue weighted by molar-refractivity contribution is 6.07. The van der Waals surface area contributed by atoms with Crippen molar-refractivity contribution in [2.45, 2.75) is 26.2 Å². The number of carbonyl (C=O) groups excluding carboxylic acids is 1. The van der Waals surface area contributed by atoms with Crippen LogP contribution >= 0.6 is 0 Å². The molecule has 1 heterocycles. The molecule has 1 fully saturated rings. The molecule has 0 saturated carbocycles. The Morgan fingerprint density at radius 1 is 1.40 bits per heavy atom. The predicted molar refractivity (Wildman–Crippen MR) is 74.9 cm³/mol. The van der Waals surface area contributed by atoms with Crippen LogP contribution in [0.25, 0.3) is 0 Å². The molecule has 0 radical (unpaired) electrons. The van der Waals surface area contributed by atoms with E-state index >= 15 is 0 Å². The average Bonchev–Trinajstić information content (AvgIpc) is 2.82. The van der Waals surface area contributed by atoms with Crippen molar-refractivity contribution in [2.75, 3.05) is 18.1 Å². The summed E-state index contributed by atoms with van der Waals surface area (Å²) in [4.78, 5) is 24.4. The lowest BCUT2D eigenvalue weighted by atomic mass is 10.1. The maximum Gasteiger partial charge on any atom is 0.316 e. The fraction of sp³-hybridized carbons (Fsp3) is 0.467. The number of amides is 1. The van der Waals surface area contributed by atoms with E-state index in [0.717, 1.165) is 24.3 Å². The van der Waals surface area contributed by atoms with E-state index in [9.17, 15) is 9.59 Å². The number of hydrogen-bond donors (Lipinski definition) is 1. The monoisotopic (exact) mass is 277 g/mol. The van der Waals surface area contributed by atoms with Gasteiger partial charge in [0.2, 0.25) is 5.91 Å². The Hall–Kier alpha value is -2.04. The number of aliphatic carboxylic acids is 1. The number of rotatable bonds is 6. The molecule has 0 aromatic heterocycles. The van der Waals surface area contributed by atoms with E-state index in [1.807, 2.05) is 12.1 Å². The van der Waals surface area contributed by atoms with Gasteiger partial charge in [-0.25, -0.2) is 0 Å². The van der Waals surface area contributed by atoms with Gasteiger partial charge in [0, 0.05) is 12.2 Å². The number of carboxylic acid groups (broad SMARTS) is 1. The van der Waals surface area contributed by atoms with E-state index in [2.05, 4.69) is 6.92 Å². The van der Waals surface area contributed by atoms with E-state index in [1.54, 1.807) is 12.1 Å². The molecule has 108 valence electrons. The van der Waals surface area contributed by atoms with Crippen LogP contribution in [-0.4, -0.2) is 30.1 Å². The molecule has 0 bridgehead atoms. The van der Waals surface area contributed by atoms with E-state index in [1.165, 1.54) is 4.90 Å². The van der Waals surface area contributed by atoms with Crippen LogP contribution < -0.4 is 9.64 Å². The largest absolute Gasteiger partial charge is 0.494 e. The highest BCUT2D eigenvalue weighted by Gasteiger charge is 2.37. The maximum atomic E-state index is 12.0. The van der Waals surface area contributed by atoms with Crippen LogP contribution in [0.2, 0.25) is 0 Å². The highest BCUT2D eigenvalue weighted by atomic mass is 16.5. The number of anilines is 1. The van der Waals surface area contributed by atoms with Crippen LogP contribution in [0.3, 0.4) is 0 Å². The van der Waals surface area contributed by atoms with Gasteiger partial charge >= 0.3 is 5.97 Å². The summed E-state index contributed by atoms with van der Waals surface area (Å²) in [6, 6.07) is 7.21. The van der Waals surface area contributed by atoms with E-state index in [-0.39, 0.29) is 5.91 Å². The summed E-state index contributed by atoms with van der Waals surface area (Å²) in [5.41, 5.74) is 0.724. The van der Waals surface area contributed by atoms with Crippen molar-refractivity contribution in [1.29, 1.82) is 0 Å². The molecule has 1 N–H and O–H groups in total. The minimum absolute atomic E-state index is 0.336. The second-order valence-electron chi connectivity index (χ2n) is 4.87. The number of nitrogens with zero attached hydrogens (tertiary/aromatic N) is 1. The molecule has 1 saturated heterocycles. The van der Waals surface area contributed by atoms with Crippen molar-refractivity contribution in [1.82, 2.24) is 0 Å². The molecule has 1 aliphatic rings. The number of hydrogen-bond acceptors (Lipinski definition) is 3. The highest BCUT2D eigenvalue weighted by Crippen LogP contribution is 2.27. The molecule has 1 amide bonds. The molecule has 1 atom stereocenters. The van der Waals surface area contributed by atoms with Crippen LogP contribution in [0, 0.1) is 5.92 Å². The first-order valence-corrected chi connectivity index (χ1v) is 6.90. The quantitative estimate of drug-likeness (QED) is 0.640. The molecule has 5 nitrogen and oxygen atoms in total. The predicted octanol–water partition coefficient (Wildman–Crippen LogP) is 2.30. The zero-order valence-electron chi connectivity index (χ0n) is 11.5. The SMILES string of the molecule is CCCCOc1ccc(N2CCC(C(=O)O)C2=O)cc1. The number of unbranched alkanes of at least 4 members (excludes halogenated alkanes) is 1. The van der Waals surface area contributed by atoms with E-state index < -0.39 is 11.9 Å². The van der Waals surface area contributed by atoms with Crippen molar-refractivity contribution in [3.05, 3.63) is 24.3 Å². The third-order valence-electron chi connectivity index (χ3n) is 3.42. The summed E-state index contributed by atoms with van der Waals surface area (Å²) in [6.45, 7) is 3.23. The molecule has 2 rings (SSSR count). The first-order valence-electron chi connectivity index (χ1n) is 6.90. The molecule has 0 spiro atoms. The lowest BCUT2D eigenvalue weighted by molar-refractivity contribution is -0.144. The van der Waals surface area contributed by atoms with Gasteiger partial charge in [-0.3, -0.25) is 9.59 Å². The molecular weight excluding hydrogens is 258 g/mol. The Labute approximate surface area is 118 Å². The first kappa shape index (κ1) is 14.4. The third-order valence-corrected chi connectivity index (χ3v) is 3.42. The van der Waals surface area contributed by atoms with Crippen LogP contribution in [0.4, 0.5) is 5.69 Å². The zero-order chi connectivity index (χ0) is 14.5. The topological polar surface area (TPSA) is 66.8 Å². The zero-order valence-corrected chi connectivity index (χ0v) is 11.5. The summed E-state index contributed by atoms with van der Waals surface area (Å²) < 4.78 is 5.55. The number of carbonyl (C=O) groups is 2. The molecule has 1 unspecified atom stereocenters. The maximum absolute atomic E-state index is 12.0. The van der Waals surface area contributed by atoms with Crippen molar-refractivity contribution >= 4 is 17.6 Å². The minimum atomic E-state index is -1.04. The third kappa shape index (κ3) is 3.10. The molecule has 1 aromatic carbocycles. The van der Waals surface area contributed by atoms with E-state index in [4.69, 9.17) is 9.84 Å². The Balaban J connectivity index is 2.00. The molecule has 5 heteroatoms. The molecular formula is C15H19NO4. The van der Waals surface area contributed by atoms with Crippen LogP contribution in [0.5, 0.6) is 5.75 Å². The second-order valence-corrected chi connectivity index (χ2v) is 4.87. The van der Waals surface area contributed by atoms with Gasteiger partial charge in [0.05, 0.1) is 6.61 Å². The second kappa shape index (κ2) is 6.41. The number of carboxylic acids is 1. The van der Waals surface area contributed by atoms with Crippen LogP contribution in [0.15, 0.2) is 24.3 Å². The Bertz CT molecular complexity index is 483. The normalized spacial score (nSPS) is 18.4.